The zero-order valence-corrected chi connectivity index (χ0v) is 10.9. The van der Waals surface area contributed by atoms with Crippen LogP contribution in [0, 0.1) is 6.92 Å². The van der Waals surface area contributed by atoms with E-state index in [1.807, 2.05) is 17.6 Å². The van der Waals surface area contributed by atoms with Gasteiger partial charge in [-0.3, -0.25) is 4.79 Å². The minimum atomic E-state index is -0.332. The Labute approximate surface area is 110 Å². The van der Waals surface area contributed by atoms with E-state index in [1.54, 1.807) is 6.20 Å². The van der Waals surface area contributed by atoms with Crippen LogP contribution in [0.15, 0.2) is 12.3 Å². The van der Waals surface area contributed by atoms with Crippen LogP contribution in [0.1, 0.15) is 17.8 Å². The van der Waals surface area contributed by atoms with Gasteiger partial charge in [0.1, 0.15) is 11.3 Å². The Bertz CT molecular complexity index is 579. The third-order valence-corrected chi connectivity index (χ3v) is 3.00. The molecule has 0 fully saturated rings. The highest BCUT2D eigenvalue weighted by Crippen LogP contribution is 2.18. The van der Waals surface area contributed by atoms with Crippen molar-refractivity contribution in [3.05, 3.63) is 23.7 Å². The van der Waals surface area contributed by atoms with Crippen LogP contribution in [0.4, 0.5) is 0 Å². The van der Waals surface area contributed by atoms with Crippen molar-refractivity contribution in [3.63, 3.8) is 0 Å². The second-order valence-electron chi connectivity index (χ2n) is 4.14. The first-order valence-electron chi connectivity index (χ1n) is 5.78. The molecule has 96 valence electrons. The van der Waals surface area contributed by atoms with Crippen LogP contribution in [0.3, 0.4) is 0 Å². The van der Waals surface area contributed by atoms with Crippen LogP contribution in [-0.2, 0) is 17.8 Å². The van der Waals surface area contributed by atoms with E-state index >= 15 is 0 Å². The van der Waals surface area contributed by atoms with E-state index in [9.17, 15) is 4.79 Å². The van der Waals surface area contributed by atoms with E-state index in [4.69, 9.17) is 17.3 Å². The molecule has 0 radical (unpaired) electrons. The van der Waals surface area contributed by atoms with Gasteiger partial charge in [0.05, 0.1) is 0 Å². The Morgan fingerprint density at radius 3 is 3.00 bits per heavy atom. The van der Waals surface area contributed by atoms with Crippen LogP contribution in [-0.4, -0.2) is 26.3 Å². The molecule has 0 atom stereocenters. The maximum atomic E-state index is 10.9. The number of carbonyl (C=O) groups excluding carboxylic acids is 1. The van der Waals surface area contributed by atoms with Gasteiger partial charge in [-0.1, -0.05) is 0 Å². The third kappa shape index (κ3) is 2.46. The first-order valence-corrected chi connectivity index (χ1v) is 6.32. The summed E-state index contributed by atoms with van der Waals surface area (Å²) in [5, 5.41) is 0. The van der Waals surface area contributed by atoms with Gasteiger partial charge in [0.25, 0.3) is 0 Å². The quantitative estimate of drug-likeness (QED) is 0.831. The summed E-state index contributed by atoms with van der Waals surface area (Å²) in [5.41, 5.74) is 7.90. The molecule has 0 saturated heterocycles. The summed E-state index contributed by atoms with van der Waals surface area (Å²) in [5.74, 6) is 1.00. The Hall–Kier alpha value is -1.62. The molecule has 0 aliphatic rings. The molecule has 2 aromatic heterocycles. The first-order chi connectivity index (χ1) is 8.63. The lowest BCUT2D eigenvalue weighted by Crippen LogP contribution is -2.15. The Morgan fingerprint density at radius 2 is 2.33 bits per heavy atom. The molecule has 0 unspecified atom stereocenters. The summed E-state index contributed by atoms with van der Waals surface area (Å²) in [6.45, 7) is 2.48. The smallest absolute Gasteiger partial charge is 0.219 e. The molecule has 0 saturated carbocycles. The lowest BCUT2D eigenvalue weighted by Gasteiger charge is -2.06. The fourth-order valence-electron chi connectivity index (χ4n) is 1.92. The molecule has 6 heteroatoms. The average Bonchev–Trinajstić information content (AvgIpc) is 2.66. The number of imidazole rings is 1. The SMILES string of the molecule is Cc1ccnc2c1nc(CCCl)n2CCC(N)=O. The number of primary amides is 1. The van der Waals surface area contributed by atoms with Crippen LogP contribution in [0.5, 0.6) is 0 Å². The number of halogens is 1. The van der Waals surface area contributed by atoms with Crippen molar-refractivity contribution in [2.45, 2.75) is 26.3 Å². The largest absolute Gasteiger partial charge is 0.370 e. The molecular weight excluding hydrogens is 252 g/mol. The normalized spacial score (nSPS) is 11.0. The molecule has 0 aromatic carbocycles. The number of aryl methyl sites for hydroxylation is 3. The van der Waals surface area contributed by atoms with Crippen LogP contribution in [0.25, 0.3) is 11.2 Å². The Balaban J connectivity index is 2.48. The molecule has 0 aliphatic heterocycles. The number of amides is 1. The van der Waals surface area contributed by atoms with Gasteiger partial charge >= 0.3 is 0 Å². The molecule has 0 spiro atoms. The lowest BCUT2D eigenvalue weighted by molar-refractivity contribution is -0.118. The van der Waals surface area contributed by atoms with Crippen molar-refractivity contribution in [2.75, 3.05) is 5.88 Å². The fourth-order valence-corrected chi connectivity index (χ4v) is 2.08. The van der Waals surface area contributed by atoms with Gasteiger partial charge in [0.2, 0.25) is 5.91 Å². The second-order valence-corrected chi connectivity index (χ2v) is 4.51. The van der Waals surface area contributed by atoms with Gasteiger partial charge < -0.3 is 10.3 Å². The molecule has 2 rings (SSSR count). The minimum absolute atomic E-state index is 0.274. The summed E-state index contributed by atoms with van der Waals surface area (Å²) >= 11 is 5.77. The van der Waals surface area contributed by atoms with Crippen LogP contribution < -0.4 is 5.73 Å². The number of rotatable bonds is 5. The summed E-state index contributed by atoms with van der Waals surface area (Å²) in [7, 11) is 0. The summed E-state index contributed by atoms with van der Waals surface area (Å²) in [6, 6.07) is 1.91. The highest BCUT2D eigenvalue weighted by molar-refractivity contribution is 6.17. The maximum Gasteiger partial charge on any atom is 0.219 e. The lowest BCUT2D eigenvalue weighted by atomic mass is 10.3. The molecule has 1 amide bonds. The summed E-state index contributed by atoms with van der Waals surface area (Å²) < 4.78 is 1.93. The van der Waals surface area contributed by atoms with Crippen molar-refractivity contribution >= 4 is 28.7 Å². The highest BCUT2D eigenvalue weighted by Gasteiger charge is 2.13. The van der Waals surface area contributed by atoms with E-state index in [0.717, 1.165) is 22.6 Å². The van der Waals surface area contributed by atoms with Crippen molar-refractivity contribution in [3.8, 4) is 0 Å². The number of pyridine rings is 1. The van der Waals surface area contributed by atoms with Gasteiger partial charge in [-0.2, -0.15) is 0 Å². The van der Waals surface area contributed by atoms with E-state index in [2.05, 4.69) is 9.97 Å². The summed E-state index contributed by atoms with van der Waals surface area (Å²) in [6.07, 6.45) is 2.66. The van der Waals surface area contributed by atoms with Crippen molar-refractivity contribution in [1.82, 2.24) is 14.5 Å². The molecular formula is C12H15ClN4O. The molecule has 0 aliphatic carbocycles. The summed E-state index contributed by atoms with van der Waals surface area (Å²) in [4.78, 5) is 19.8. The Kier molecular flexibility index (Phi) is 3.81. The van der Waals surface area contributed by atoms with Gasteiger partial charge in [0, 0.05) is 31.5 Å². The van der Waals surface area contributed by atoms with Gasteiger partial charge in [-0.15, -0.1) is 11.6 Å². The highest BCUT2D eigenvalue weighted by atomic mass is 35.5. The van der Waals surface area contributed by atoms with Gasteiger partial charge in [-0.25, -0.2) is 9.97 Å². The number of carbonyl (C=O) groups is 1. The molecule has 18 heavy (non-hydrogen) atoms. The minimum Gasteiger partial charge on any atom is -0.370 e. The van der Waals surface area contributed by atoms with Crippen LogP contribution in [0.2, 0.25) is 0 Å². The predicted octanol–water partition coefficient (Wildman–Crippen LogP) is 1.40. The number of nitrogens with two attached hydrogens (primary N) is 1. The first kappa shape index (κ1) is 12.8. The molecule has 2 aromatic rings. The third-order valence-electron chi connectivity index (χ3n) is 2.81. The molecule has 2 N–H and O–H groups in total. The van der Waals surface area contributed by atoms with E-state index < -0.39 is 0 Å². The van der Waals surface area contributed by atoms with E-state index in [1.165, 1.54) is 0 Å². The second kappa shape index (κ2) is 5.35. The van der Waals surface area contributed by atoms with E-state index in [0.29, 0.717) is 18.8 Å². The van der Waals surface area contributed by atoms with Crippen molar-refractivity contribution in [1.29, 1.82) is 0 Å². The molecule has 0 bridgehead atoms. The number of nitrogens with zero attached hydrogens (tertiary/aromatic N) is 3. The monoisotopic (exact) mass is 266 g/mol. The number of fused-ring (bicyclic) bond motifs is 1. The van der Waals surface area contributed by atoms with Crippen LogP contribution >= 0.6 is 11.6 Å². The molecule has 5 nitrogen and oxygen atoms in total. The zero-order valence-electron chi connectivity index (χ0n) is 10.2. The number of hydrogen-bond donors (Lipinski definition) is 1. The zero-order chi connectivity index (χ0) is 13.1. The molecule has 2 heterocycles. The van der Waals surface area contributed by atoms with Crippen molar-refractivity contribution < 1.29 is 4.79 Å². The number of aromatic nitrogens is 3. The van der Waals surface area contributed by atoms with E-state index in [-0.39, 0.29) is 12.3 Å². The number of hydrogen-bond acceptors (Lipinski definition) is 3. The van der Waals surface area contributed by atoms with Crippen molar-refractivity contribution in [2.24, 2.45) is 5.73 Å². The number of alkyl halides is 1. The standard InChI is InChI=1S/C12H15ClN4O/c1-8-3-6-15-12-11(8)16-10(2-5-13)17(12)7-4-9(14)18/h3,6H,2,4-5,7H2,1H3,(H2,14,18). The fraction of sp³-hybridized carbons (Fsp3) is 0.417. The van der Waals surface area contributed by atoms with Gasteiger partial charge in [-0.05, 0) is 18.6 Å². The predicted molar refractivity (Wildman–Crippen MR) is 70.5 cm³/mol. The average molecular weight is 267 g/mol. The topological polar surface area (TPSA) is 73.8 Å². The maximum absolute atomic E-state index is 10.9. The Morgan fingerprint density at radius 1 is 1.56 bits per heavy atom. The van der Waals surface area contributed by atoms with Gasteiger partial charge in [0.15, 0.2) is 5.65 Å².